The highest BCUT2D eigenvalue weighted by Crippen LogP contribution is 2.10. The molecule has 0 radical (unpaired) electrons. The third-order valence-electron chi connectivity index (χ3n) is 1.47. The molecule has 0 bridgehead atoms. The van der Waals surface area contributed by atoms with Crippen LogP contribution in [0.1, 0.15) is 5.69 Å². The van der Waals surface area contributed by atoms with Gasteiger partial charge in [0.1, 0.15) is 6.07 Å². The second-order valence-corrected chi connectivity index (χ2v) is 2.40. The summed E-state index contributed by atoms with van der Waals surface area (Å²) in [6.07, 6.45) is 8.14. The molecule has 0 atom stereocenters. The molecule has 0 aliphatic heterocycles. The molecule has 0 saturated carbocycles. The minimum absolute atomic E-state index is 0.292. The van der Waals surface area contributed by atoms with Crippen molar-refractivity contribution in [3.05, 3.63) is 18.1 Å². The molecule has 4 nitrogen and oxygen atoms in total. The Bertz CT molecular complexity index is 372. The fourth-order valence-corrected chi connectivity index (χ4v) is 0.901. The first-order valence-corrected chi connectivity index (χ1v) is 3.65. The van der Waals surface area contributed by atoms with E-state index in [1.54, 1.807) is 11.9 Å². The highest BCUT2D eigenvalue weighted by molar-refractivity contribution is 5.49. The van der Waals surface area contributed by atoms with Crippen LogP contribution in [-0.2, 0) is 0 Å². The fraction of sp³-hybridized carbons (Fsp3) is 0.222. The van der Waals surface area contributed by atoms with Crippen molar-refractivity contribution in [2.45, 2.75) is 0 Å². The number of hydrogen-bond acceptors (Lipinski definition) is 4. The van der Waals surface area contributed by atoms with Gasteiger partial charge in [-0.3, -0.25) is 0 Å². The summed E-state index contributed by atoms with van der Waals surface area (Å²) in [6.45, 7) is 0.410. The maximum absolute atomic E-state index is 8.70. The van der Waals surface area contributed by atoms with E-state index in [0.717, 1.165) is 0 Å². The summed E-state index contributed by atoms with van der Waals surface area (Å²) in [7, 11) is 1.77. The zero-order valence-electron chi connectivity index (χ0n) is 7.23. The van der Waals surface area contributed by atoms with Gasteiger partial charge in [-0.1, -0.05) is 5.92 Å². The van der Waals surface area contributed by atoms with E-state index in [4.69, 9.17) is 11.7 Å². The minimum Gasteiger partial charge on any atom is -0.346 e. The van der Waals surface area contributed by atoms with Gasteiger partial charge in [0.25, 0.3) is 0 Å². The lowest BCUT2D eigenvalue weighted by atomic mass is 10.4. The van der Waals surface area contributed by atoms with Gasteiger partial charge in [-0.25, -0.2) is 9.97 Å². The fourth-order valence-electron chi connectivity index (χ4n) is 0.901. The van der Waals surface area contributed by atoms with Gasteiger partial charge in [-0.15, -0.1) is 6.42 Å². The molecule has 0 amide bonds. The first-order chi connectivity index (χ1) is 6.29. The number of nitrogens with zero attached hydrogens (tertiary/aromatic N) is 4. The molecule has 1 rings (SSSR count). The lowest BCUT2D eigenvalue weighted by Gasteiger charge is -2.14. The van der Waals surface area contributed by atoms with Gasteiger partial charge in [0.15, 0.2) is 11.5 Å². The maximum Gasteiger partial charge on any atom is 0.183 e. The van der Waals surface area contributed by atoms with Crippen molar-refractivity contribution in [3.8, 4) is 18.4 Å². The summed E-state index contributed by atoms with van der Waals surface area (Å²) in [5, 5.41) is 8.70. The Morgan fingerprint density at radius 3 is 2.85 bits per heavy atom. The molecule has 4 heteroatoms. The van der Waals surface area contributed by atoms with Crippen molar-refractivity contribution in [2.75, 3.05) is 18.5 Å². The van der Waals surface area contributed by atoms with Gasteiger partial charge in [0.05, 0.1) is 6.54 Å². The van der Waals surface area contributed by atoms with Crippen molar-refractivity contribution in [2.24, 2.45) is 0 Å². The monoisotopic (exact) mass is 172 g/mol. The Kier molecular flexibility index (Phi) is 2.83. The zero-order valence-corrected chi connectivity index (χ0v) is 7.23. The lowest BCUT2D eigenvalue weighted by molar-refractivity contribution is 0.979. The molecule has 13 heavy (non-hydrogen) atoms. The summed E-state index contributed by atoms with van der Waals surface area (Å²) < 4.78 is 0. The Morgan fingerprint density at radius 2 is 2.23 bits per heavy atom. The van der Waals surface area contributed by atoms with Gasteiger partial charge in [-0.2, -0.15) is 5.26 Å². The standard InChI is InChI=1S/C9H8N4/c1-3-6-13(2)9-8(7-10)11-4-5-12-9/h1,4-5H,6H2,2H3. The second-order valence-electron chi connectivity index (χ2n) is 2.40. The molecular weight excluding hydrogens is 164 g/mol. The van der Waals surface area contributed by atoms with Gasteiger partial charge in [-0.05, 0) is 0 Å². The maximum atomic E-state index is 8.70. The molecule has 0 spiro atoms. The first-order valence-electron chi connectivity index (χ1n) is 3.65. The van der Waals surface area contributed by atoms with E-state index in [9.17, 15) is 0 Å². The van der Waals surface area contributed by atoms with Crippen LogP contribution in [0.25, 0.3) is 0 Å². The SMILES string of the molecule is C#CCN(C)c1nccnc1C#N. The van der Waals surface area contributed by atoms with E-state index in [0.29, 0.717) is 18.1 Å². The zero-order chi connectivity index (χ0) is 9.68. The summed E-state index contributed by atoms with van der Waals surface area (Å²) in [4.78, 5) is 9.58. The second kappa shape index (κ2) is 4.08. The van der Waals surface area contributed by atoms with E-state index in [1.165, 1.54) is 12.4 Å². The summed E-state index contributed by atoms with van der Waals surface area (Å²) in [5.74, 6) is 2.98. The average Bonchev–Trinajstić information content (AvgIpc) is 2.18. The average molecular weight is 172 g/mol. The topological polar surface area (TPSA) is 52.8 Å². The smallest absolute Gasteiger partial charge is 0.183 e. The molecule has 0 unspecified atom stereocenters. The summed E-state index contributed by atoms with van der Waals surface area (Å²) >= 11 is 0. The van der Waals surface area contributed by atoms with Crippen LogP contribution in [0.2, 0.25) is 0 Å². The van der Waals surface area contributed by atoms with E-state index < -0.39 is 0 Å². The molecule has 0 aliphatic rings. The third-order valence-corrected chi connectivity index (χ3v) is 1.47. The molecule has 0 fully saturated rings. The Balaban J connectivity index is 3.02. The highest BCUT2D eigenvalue weighted by atomic mass is 15.2. The number of aromatic nitrogens is 2. The Labute approximate surface area is 76.8 Å². The molecule has 0 N–H and O–H groups in total. The minimum atomic E-state index is 0.292. The first kappa shape index (κ1) is 9.02. The normalized spacial score (nSPS) is 8.54. The van der Waals surface area contributed by atoms with E-state index in [1.807, 2.05) is 6.07 Å². The van der Waals surface area contributed by atoms with Crippen molar-refractivity contribution in [1.29, 1.82) is 5.26 Å². The number of terminal acetylenes is 1. The summed E-state index contributed by atoms with van der Waals surface area (Å²) in [6, 6.07) is 1.95. The largest absolute Gasteiger partial charge is 0.346 e. The Morgan fingerprint density at radius 1 is 1.54 bits per heavy atom. The van der Waals surface area contributed by atoms with Crippen molar-refractivity contribution >= 4 is 5.82 Å². The van der Waals surface area contributed by atoms with Crippen LogP contribution in [-0.4, -0.2) is 23.6 Å². The lowest BCUT2D eigenvalue weighted by Crippen LogP contribution is -2.19. The Hall–Kier alpha value is -2.07. The van der Waals surface area contributed by atoms with Crippen molar-refractivity contribution in [1.82, 2.24) is 9.97 Å². The van der Waals surface area contributed by atoms with Crippen LogP contribution >= 0.6 is 0 Å². The molecule has 1 aromatic heterocycles. The number of nitriles is 1. The third kappa shape index (κ3) is 1.94. The van der Waals surface area contributed by atoms with Crippen LogP contribution in [0.3, 0.4) is 0 Å². The highest BCUT2D eigenvalue weighted by Gasteiger charge is 2.07. The molecule has 0 saturated heterocycles. The van der Waals surface area contributed by atoms with Gasteiger partial charge in [0, 0.05) is 19.4 Å². The van der Waals surface area contributed by atoms with E-state index in [-0.39, 0.29) is 0 Å². The predicted molar refractivity (Wildman–Crippen MR) is 48.9 cm³/mol. The number of hydrogen-bond donors (Lipinski definition) is 0. The van der Waals surface area contributed by atoms with Crippen LogP contribution in [0.4, 0.5) is 5.82 Å². The van der Waals surface area contributed by atoms with Gasteiger partial charge >= 0.3 is 0 Å². The van der Waals surface area contributed by atoms with Crippen molar-refractivity contribution < 1.29 is 0 Å². The predicted octanol–water partition coefficient (Wildman–Crippen LogP) is 0.418. The molecule has 0 aliphatic carbocycles. The molecule has 1 heterocycles. The van der Waals surface area contributed by atoms with Gasteiger partial charge in [0.2, 0.25) is 0 Å². The van der Waals surface area contributed by atoms with Gasteiger partial charge < -0.3 is 4.90 Å². The quantitative estimate of drug-likeness (QED) is 0.606. The van der Waals surface area contributed by atoms with Crippen LogP contribution in [0.5, 0.6) is 0 Å². The number of rotatable bonds is 2. The number of anilines is 1. The molecule has 0 aromatic carbocycles. The van der Waals surface area contributed by atoms with Crippen LogP contribution < -0.4 is 4.90 Å². The van der Waals surface area contributed by atoms with Crippen LogP contribution in [0, 0.1) is 23.7 Å². The molecule has 1 aromatic rings. The van der Waals surface area contributed by atoms with E-state index >= 15 is 0 Å². The van der Waals surface area contributed by atoms with Crippen molar-refractivity contribution in [3.63, 3.8) is 0 Å². The molecular formula is C9H8N4. The summed E-state index contributed by atoms with van der Waals surface area (Å²) in [5.41, 5.74) is 0.292. The molecule has 64 valence electrons. The van der Waals surface area contributed by atoms with Crippen LogP contribution in [0.15, 0.2) is 12.4 Å². The van der Waals surface area contributed by atoms with E-state index in [2.05, 4.69) is 15.9 Å².